The number of hydrogen-bond donors (Lipinski definition) is 1. The molecule has 0 heterocycles. The lowest BCUT2D eigenvalue weighted by Crippen LogP contribution is -2.22. The van der Waals surface area contributed by atoms with Gasteiger partial charge in [0.15, 0.2) is 0 Å². The first kappa shape index (κ1) is 13.9. The molecule has 1 aliphatic rings. The highest BCUT2D eigenvalue weighted by Crippen LogP contribution is 2.32. The van der Waals surface area contributed by atoms with Crippen LogP contribution in [0.4, 0.5) is 0 Å². The minimum absolute atomic E-state index is 0.484. The monoisotopic (exact) mass is 265 g/mol. The van der Waals surface area contributed by atoms with E-state index in [9.17, 15) is 0 Å². The van der Waals surface area contributed by atoms with Gasteiger partial charge in [0.2, 0.25) is 0 Å². The lowest BCUT2D eigenvalue weighted by atomic mass is 9.94. The van der Waals surface area contributed by atoms with Gasteiger partial charge in [0.25, 0.3) is 0 Å². The molecule has 1 fully saturated rings. The molecule has 2 rings (SSSR count). The van der Waals surface area contributed by atoms with Crippen molar-refractivity contribution >= 4 is 11.6 Å². The summed E-state index contributed by atoms with van der Waals surface area (Å²) >= 11 is 6.38. The van der Waals surface area contributed by atoms with Crippen LogP contribution in [0.15, 0.2) is 12.1 Å². The molecule has 0 radical (unpaired) electrons. The Morgan fingerprint density at radius 2 is 2.06 bits per heavy atom. The molecule has 1 nitrogen and oxygen atoms in total. The van der Waals surface area contributed by atoms with Crippen LogP contribution in [0.3, 0.4) is 0 Å². The van der Waals surface area contributed by atoms with Crippen molar-refractivity contribution in [2.45, 2.75) is 46.0 Å². The first-order valence-corrected chi connectivity index (χ1v) is 7.43. The molecule has 1 atom stereocenters. The molecule has 1 aromatic rings. The van der Waals surface area contributed by atoms with Gasteiger partial charge < -0.3 is 5.32 Å². The maximum absolute atomic E-state index is 6.38. The number of aryl methyl sites for hydroxylation is 2. The molecule has 0 bridgehead atoms. The van der Waals surface area contributed by atoms with Gasteiger partial charge in [-0.05, 0) is 61.4 Å². The zero-order valence-corrected chi connectivity index (χ0v) is 12.5. The predicted octanol–water partition coefficient (Wildman–Crippen LogP) is 4.45. The van der Waals surface area contributed by atoms with Crippen LogP contribution >= 0.6 is 11.6 Å². The van der Waals surface area contributed by atoms with E-state index < -0.39 is 0 Å². The Morgan fingerprint density at radius 3 is 2.67 bits per heavy atom. The molecular formula is C16H24ClN. The summed E-state index contributed by atoms with van der Waals surface area (Å²) in [6, 6.07) is 4.30. The second-order valence-electron chi connectivity index (χ2n) is 5.81. The second-order valence-corrected chi connectivity index (χ2v) is 6.22. The molecule has 0 aliphatic heterocycles. The Bertz CT molecular complexity index is 387. The van der Waals surface area contributed by atoms with Crippen molar-refractivity contribution in [2.24, 2.45) is 5.92 Å². The van der Waals surface area contributed by atoms with Gasteiger partial charge in [0.1, 0.15) is 0 Å². The van der Waals surface area contributed by atoms with E-state index in [4.69, 9.17) is 11.6 Å². The Kier molecular flexibility index (Phi) is 4.69. The second kappa shape index (κ2) is 6.08. The fourth-order valence-electron chi connectivity index (χ4n) is 2.68. The summed E-state index contributed by atoms with van der Waals surface area (Å²) < 4.78 is 0. The van der Waals surface area contributed by atoms with Crippen LogP contribution in [0.25, 0.3) is 0 Å². The summed E-state index contributed by atoms with van der Waals surface area (Å²) in [5.41, 5.74) is 3.87. The zero-order chi connectivity index (χ0) is 13.1. The summed E-state index contributed by atoms with van der Waals surface area (Å²) in [6.07, 6.45) is 4.23. The molecule has 1 saturated carbocycles. The normalized spacial score (nSPS) is 16.9. The van der Waals surface area contributed by atoms with Crippen molar-refractivity contribution in [2.75, 3.05) is 13.1 Å². The van der Waals surface area contributed by atoms with Gasteiger partial charge in [0.05, 0.1) is 0 Å². The van der Waals surface area contributed by atoms with Gasteiger partial charge in [-0.15, -0.1) is 0 Å². The fraction of sp³-hybridized carbons (Fsp3) is 0.625. The molecule has 0 amide bonds. The van der Waals surface area contributed by atoms with Crippen molar-refractivity contribution in [1.82, 2.24) is 5.32 Å². The van der Waals surface area contributed by atoms with Crippen molar-refractivity contribution in [3.63, 3.8) is 0 Å². The summed E-state index contributed by atoms with van der Waals surface area (Å²) in [7, 11) is 0. The van der Waals surface area contributed by atoms with Gasteiger partial charge in [-0.25, -0.2) is 0 Å². The maximum Gasteiger partial charge on any atom is 0.0446 e. The highest BCUT2D eigenvalue weighted by molar-refractivity contribution is 6.31. The molecule has 1 aliphatic carbocycles. The van der Waals surface area contributed by atoms with E-state index >= 15 is 0 Å². The van der Waals surface area contributed by atoms with E-state index in [-0.39, 0.29) is 0 Å². The third-order valence-electron chi connectivity index (χ3n) is 3.85. The van der Waals surface area contributed by atoms with Crippen LogP contribution < -0.4 is 5.32 Å². The van der Waals surface area contributed by atoms with E-state index in [0.717, 1.165) is 24.0 Å². The maximum atomic E-state index is 6.38. The van der Waals surface area contributed by atoms with Crippen LogP contribution in [-0.4, -0.2) is 13.1 Å². The largest absolute Gasteiger partial charge is 0.316 e. The van der Waals surface area contributed by atoms with E-state index in [0.29, 0.717) is 5.92 Å². The molecule has 1 N–H and O–H groups in total. The Labute approximate surface area is 116 Å². The van der Waals surface area contributed by atoms with Crippen molar-refractivity contribution < 1.29 is 0 Å². The smallest absolute Gasteiger partial charge is 0.0446 e. The van der Waals surface area contributed by atoms with Gasteiger partial charge in [-0.2, -0.15) is 0 Å². The van der Waals surface area contributed by atoms with Gasteiger partial charge in [-0.3, -0.25) is 0 Å². The Hall–Kier alpha value is -0.530. The summed E-state index contributed by atoms with van der Waals surface area (Å²) in [6.45, 7) is 8.69. The molecular weight excluding hydrogens is 242 g/mol. The fourth-order valence-corrected chi connectivity index (χ4v) is 3.19. The number of benzene rings is 1. The standard InChI is InChI=1S/C16H24ClN/c1-11-8-12(2)16(15(17)9-11)13(3)10-18-7-6-14-4-5-14/h8-9,13-14,18H,4-7,10H2,1-3H3. The zero-order valence-electron chi connectivity index (χ0n) is 11.7. The predicted molar refractivity (Wildman–Crippen MR) is 79.6 cm³/mol. The van der Waals surface area contributed by atoms with Crippen LogP contribution in [0, 0.1) is 19.8 Å². The molecule has 1 unspecified atom stereocenters. The molecule has 1 aromatic carbocycles. The summed E-state index contributed by atoms with van der Waals surface area (Å²) in [5.74, 6) is 1.50. The van der Waals surface area contributed by atoms with Crippen LogP contribution in [0.5, 0.6) is 0 Å². The lowest BCUT2D eigenvalue weighted by molar-refractivity contribution is 0.573. The Morgan fingerprint density at radius 1 is 1.33 bits per heavy atom. The quantitative estimate of drug-likeness (QED) is 0.750. The van der Waals surface area contributed by atoms with Crippen molar-refractivity contribution in [1.29, 1.82) is 0 Å². The highest BCUT2D eigenvalue weighted by atomic mass is 35.5. The first-order chi connectivity index (χ1) is 8.58. The first-order valence-electron chi connectivity index (χ1n) is 7.05. The van der Waals surface area contributed by atoms with E-state index in [2.05, 4.69) is 38.2 Å². The van der Waals surface area contributed by atoms with Crippen LogP contribution in [0.1, 0.15) is 48.8 Å². The SMILES string of the molecule is Cc1cc(C)c(C(C)CNCCC2CC2)c(Cl)c1. The number of nitrogens with one attached hydrogen (secondary N) is 1. The van der Waals surface area contributed by atoms with Gasteiger partial charge in [-0.1, -0.05) is 37.4 Å². The molecule has 100 valence electrons. The molecule has 0 aromatic heterocycles. The van der Waals surface area contributed by atoms with Crippen LogP contribution in [0.2, 0.25) is 5.02 Å². The molecule has 2 heteroatoms. The molecule has 0 spiro atoms. The van der Waals surface area contributed by atoms with E-state index in [1.165, 1.54) is 36.0 Å². The highest BCUT2D eigenvalue weighted by Gasteiger charge is 2.20. The minimum Gasteiger partial charge on any atom is -0.316 e. The lowest BCUT2D eigenvalue weighted by Gasteiger charge is -2.18. The third-order valence-corrected chi connectivity index (χ3v) is 4.16. The molecule has 0 saturated heterocycles. The van der Waals surface area contributed by atoms with Gasteiger partial charge in [0, 0.05) is 11.6 Å². The minimum atomic E-state index is 0.484. The van der Waals surface area contributed by atoms with Crippen LogP contribution in [-0.2, 0) is 0 Å². The van der Waals surface area contributed by atoms with Gasteiger partial charge >= 0.3 is 0 Å². The number of rotatable bonds is 6. The van der Waals surface area contributed by atoms with E-state index in [1.807, 2.05) is 0 Å². The number of hydrogen-bond acceptors (Lipinski definition) is 1. The Balaban J connectivity index is 1.88. The number of halogens is 1. The van der Waals surface area contributed by atoms with Crippen molar-refractivity contribution in [3.8, 4) is 0 Å². The third kappa shape index (κ3) is 3.73. The van der Waals surface area contributed by atoms with E-state index in [1.54, 1.807) is 0 Å². The molecule has 18 heavy (non-hydrogen) atoms. The topological polar surface area (TPSA) is 12.0 Å². The summed E-state index contributed by atoms with van der Waals surface area (Å²) in [5, 5.41) is 4.49. The van der Waals surface area contributed by atoms with Crippen molar-refractivity contribution in [3.05, 3.63) is 33.8 Å². The summed E-state index contributed by atoms with van der Waals surface area (Å²) in [4.78, 5) is 0. The average Bonchev–Trinajstić information content (AvgIpc) is 3.06. The average molecular weight is 266 g/mol.